The second-order valence-electron chi connectivity index (χ2n) is 4.80. The molecule has 0 saturated carbocycles. The number of rotatable bonds is 7. The Kier molecular flexibility index (Phi) is 5.05. The number of nitrogens with zero attached hydrogens (tertiary/aromatic N) is 2. The van der Waals surface area contributed by atoms with Crippen LogP contribution in [-0.4, -0.2) is 23.0 Å². The molecule has 1 aromatic heterocycles. The van der Waals surface area contributed by atoms with Gasteiger partial charge in [0.25, 0.3) is 5.69 Å². The van der Waals surface area contributed by atoms with Gasteiger partial charge in [-0.25, -0.2) is 4.98 Å². The van der Waals surface area contributed by atoms with Gasteiger partial charge in [0.15, 0.2) is 11.7 Å². The van der Waals surface area contributed by atoms with E-state index < -0.39 is 4.92 Å². The van der Waals surface area contributed by atoms with E-state index >= 15 is 0 Å². The fourth-order valence-electron chi connectivity index (χ4n) is 2.21. The third-order valence-electron chi connectivity index (χ3n) is 3.24. The van der Waals surface area contributed by atoms with Crippen LogP contribution in [0.15, 0.2) is 28.8 Å². The summed E-state index contributed by atoms with van der Waals surface area (Å²) in [5.74, 6) is 1.07. The van der Waals surface area contributed by atoms with Crippen LogP contribution in [0.3, 0.4) is 0 Å². The first-order valence-electron chi connectivity index (χ1n) is 7.03. The molecule has 0 fully saturated rings. The number of aromatic nitrogens is 1. The Morgan fingerprint density at radius 2 is 2.24 bits per heavy atom. The molecule has 0 radical (unpaired) electrons. The Hall–Kier alpha value is -2.21. The van der Waals surface area contributed by atoms with Crippen LogP contribution in [0.1, 0.15) is 24.8 Å². The molecule has 1 heterocycles. The third kappa shape index (κ3) is 3.66. The summed E-state index contributed by atoms with van der Waals surface area (Å²) in [5.41, 5.74) is 1.36. The van der Waals surface area contributed by atoms with Crippen LogP contribution < -0.4 is 5.32 Å². The number of nitrogens with one attached hydrogen (secondary N) is 1. The van der Waals surface area contributed by atoms with Crippen molar-refractivity contribution in [1.82, 2.24) is 10.3 Å². The van der Waals surface area contributed by atoms with E-state index in [2.05, 4.69) is 17.2 Å². The second-order valence-corrected chi connectivity index (χ2v) is 4.80. The minimum absolute atomic E-state index is 0.0466. The summed E-state index contributed by atoms with van der Waals surface area (Å²) in [6, 6.07) is 4.98. The van der Waals surface area contributed by atoms with E-state index in [1.54, 1.807) is 12.3 Å². The SMILES string of the molecule is CCNCCCc1ncc(-c2c(C)cccc2[N+](=O)[O-])o1. The number of benzene rings is 1. The molecule has 21 heavy (non-hydrogen) atoms. The summed E-state index contributed by atoms with van der Waals surface area (Å²) in [6.07, 6.45) is 3.20. The number of hydrogen-bond donors (Lipinski definition) is 1. The van der Waals surface area contributed by atoms with Gasteiger partial charge in [0.05, 0.1) is 16.7 Å². The van der Waals surface area contributed by atoms with Crippen LogP contribution in [-0.2, 0) is 6.42 Å². The normalized spacial score (nSPS) is 10.8. The molecule has 1 N–H and O–H groups in total. The van der Waals surface area contributed by atoms with Gasteiger partial charge >= 0.3 is 0 Å². The van der Waals surface area contributed by atoms with Gasteiger partial charge in [0.1, 0.15) is 0 Å². The van der Waals surface area contributed by atoms with Crippen molar-refractivity contribution in [3.05, 3.63) is 46.0 Å². The summed E-state index contributed by atoms with van der Waals surface area (Å²) in [7, 11) is 0. The molecular weight excluding hydrogens is 270 g/mol. The predicted octanol–water partition coefficient (Wildman–Crippen LogP) is 3.10. The largest absolute Gasteiger partial charge is 0.440 e. The monoisotopic (exact) mass is 289 g/mol. The Labute approximate surface area is 123 Å². The third-order valence-corrected chi connectivity index (χ3v) is 3.24. The van der Waals surface area contributed by atoms with Crippen LogP contribution >= 0.6 is 0 Å². The fourth-order valence-corrected chi connectivity index (χ4v) is 2.21. The van der Waals surface area contributed by atoms with Crippen LogP contribution in [0, 0.1) is 17.0 Å². The summed E-state index contributed by atoms with van der Waals surface area (Å²) in [5, 5.41) is 14.4. The molecule has 0 bridgehead atoms. The van der Waals surface area contributed by atoms with Gasteiger partial charge in [-0.2, -0.15) is 0 Å². The molecule has 6 heteroatoms. The van der Waals surface area contributed by atoms with E-state index in [0.717, 1.165) is 25.1 Å². The van der Waals surface area contributed by atoms with Crippen molar-refractivity contribution in [1.29, 1.82) is 0 Å². The molecule has 0 atom stereocenters. The molecule has 0 aliphatic carbocycles. The highest BCUT2D eigenvalue weighted by Crippen LogP contribution is 2.33. The smallest absolute Gasteiger partial charge is 0.280 e. The van der Waals surface area contributed by atoms with E-state index in [1.807, 2.05) is 13.0 Å². The Bertz CT molecular complexity index is 622. The maximum absolute atomic E-state index is 11.1. The zero-order valence-electron chi connectivity index (χ0n) is 12.3. The van der Waals surface area contributed by atoms with Crippen molar-refractivity contribution in [2.45, 2.75) is 26.7 Å². The van der Waals surface area contributed by atoms with Crippen molar-refractivity contribution in [3.63, 3.8) is 0 Å². The lowest BCUT2D eigenvalue weighted by Crippen LogP contribution is -2.14. The molecule has 0 unspecified atom stereocenters. The van der Waals surface area contributed by atoms with Crippen molar-refractivity contribution >= 4 is 5.69 Å². The highest BCUT2D eigenvalue weighted by atomic mass is 16.6. The van der Waals surface area contributed by atoms with E-state index in [0.29, 0.717) is 23.6 Å². The molecule has 0 aliphatic rings. The highest BCUT2D eigenvalue weighted by molar-refractivity contribution is 5.72. The van der Waals surface area contributed by atoms with E-state index in [-0.39, 0.29) is 5.69 Å². The lowest BCUT2D eigenvalue weighted by molar-refractivity contribution is -0.384. The molecule has 0 saturated heterocycles. The van der Waals surface area contributed by atoms with Gasteiger partial charge in [-0.05, 0) is 32.0 Å². The highest BCUT2D eigenvalue weighted by Gasteiger charge is 2.20. The maximum atomic E-state index is 11.1. The molecular formula is C15H19N3O3. The number of hydrogen-bond acceptors (Lipinski definition) is 5. The first-order chi connectivity index (χ1) is 10.1. The van der Waals surface area contributed by atoms with Crippen LogP contribution in [0.25, 0.3) is 11.3 Å². The van der Waals surface area contributed by atoms with Gasteiger partial charge in [0.2, 0.25) is 0 Å². The van der Waals surface area contributed by atoms with Gasteiger partial charge in [-0.15, -0.1) is 0 Å². The first-order valence-corrected chi connectivity index (χ1v) is 7.03. The molecule has 0 aliphatic heterocycles. The number of aryl methyl sites for hydroxylation is 2. The summed E-state index contributed by atoms with van der Waals surface area (Å²) in [6.45, 7) is 5.72. The van der Waals surface area contributed by atoms with Crippen molar-refractivity contribution in [2.24, 2.45) is 0 Å². The average molecular weight is 289 g/mol. The zero-order chi connectivity index (χ0) is 15.2. The van der Waals surface area contributed by atoms with Gasteiger partial charge < -0.3 is 9.73 Å². The fraction of sp³-hybridized carbons (Fsp3) is 0.400. The number of nitro benzene ring substituents is 1. The van der Waals surface area contributed by atoms with E-state index in [9.17, 15) is 10.1 Å². The standard InChI is InChI=1S/C15H19N3O3/c1-3-16-9-5-8-14-17-10-13(21-14)15-11(2)6-4-7-12(15)18(19)20/h4,6-7,10,16H,3,5,8-9H2,1-2H3. The predicted molar refractivity (Wildman–Crippen MR) is 80.2 cm³/mol. The van der Waals surface area contributed by atoms with E-state index in [1.165, 1.54) is 6.07 Å². The lowest BCUT2D eigenvalue weighted by Gasteiger charge is -2.03. The van der Waals surface area contributed by atoms with E-state index in [4.69, 9.17) is 4.42 Å². The maximum Gasteiger partial charge on any atom is 0.280 e. The van der Waals surface area contributed by atoms with Crippen molar-refractivity contribution in [3.8, 4) is 11.3 Å². The Morgan fingerprint density at radius 3 is 2.95 bits per heavy atom. The quantitative estimate of drug-likeness (QED) is 0.481. The van der Waals surface area contributed by atoms with Gasteiger partial charge in [-0.1, -0.05) is 19.1 Å². The molecule has 0 spiro atoms. The Balaban J connectivity index is 2.20. The Morgan fingerprint density at radius 1 is 1.43 bits per heavy atom. The molecule has 112 valence electrons. The van der Waals surface area contributed by atoms with Crippen molar-refractivity contribution < 1.29 is 9.34 Å². The number of oxazole rings is 1. The second kappa shape index (κ2) is 6.99. The molecule has 2 aromatic rings. The first kappa shape index (κ1) is 15.2. The molecule has 2 rings (SSSR count). The molecule has 1 aromatic carbocycles. The lowest BCUT2D eigenvalue weighted by atomic mass is 10.1. The van der Waals surface area contributed by atoms with Crippen LogP contribution in [0.4, 0.5) is 5.69 Å². The van der Waals surface area contributed by atoms with Crippen LogP contribution in [0.2, 0.25) is 0 Å². The van der Waals surface area contributed by atoms with Crippen LogP contribution in [0.5, 0.6) is 0 Å². The molecule has 0 amide bonds. The summed E-state index contributed by atoms with van der Waals surface area (Å²) in [4.78, 5) is 15.0. The van der Waals surface area contributed by atoms with Crippen molar-refractivity contribution in [2.75, 3.05) is 13.1 Å². The zero-order valence-corrected chi connectivity index (χ0v) is 12.3. The average Bonchev–Trinajstić information content (AvgIpc) is 2.91. The summed E-state index contributed by atoms with van der Waals surface area (Å²) < 4.78 is 5.68. The minimum Gasteiger partial charge on any atom is -0.440 e. The summed E-state index contributed by atoms with van der Waals surface area (Å²) >= 11 is 0. The molecule has 6 nitrogen and oxygen atoms in total. The van der Waals surface area contributed by atoms with Gasteiger partial charge in [-0.3, -0.25) is 10.1 Å². The number of nitro groups is 1. The minimum atomic E-state index is -0.393. The van der Waals surface area contributed by atoms with Gasteiger partial charge in [0, 0.05) is 12.5 Å². The topological polar surface area (TPSA) is 81.2 Å².